The van der Waals surface area contributed by atoms with Crippen LogP contribution in [0.5, 0.6) is 0 Å². The normalized spacial score (nSPS) is 11.2. The lowest BCUT2D eigenvalue weighted by molar-refractivity contribution is -0.392. The van der Waals surface area contributed by atoms with Gasteiger partial charge in [-0.2, -0.15) is 19.8 Å². The van der Waals surface area contributed by atoms with Crippen LogP contribution in [0.15, 0.2) is 53.3 Å². The van der Waals surface area contributed by atoms with E-state index in [1.165, 1.54) is 59.0 Å². The summed E-state index contributed by atoms with van der Waals surface area (Å²) in [6, 6.07) is 9.69. The Morgan fingerprint density at radius 2 is 2.00 bits per heavy atom. The van der Waals surface area contributed by atoms with Crippen LogP contribution in [0.25, 0.3) is 5.69 Å². The molecule has 0 radical (unpaired) electrons. The van der Waals surface area contributed by atoms with Crippen molar-refractivity contribution in [3.05, 3.63) is 97.7 Å². The maximum absolute atomic E-state index is 13.5. The number of hydrogen-bond acceptors (Lipinski definition) is 8. The minimum absolute atomic E-state index is 0.0986. The zero-order valence-electron chi connectivity index (χ0n) is 18.6. The van der Waals surface area contributed by atoms with E-state index in [2.05, 4.69) is 31.1 Å². The van der Waals surface area contributed by atoms with Gasteiger partial charge in [0.2, 0.25) is 11.6 Å². The first-order chi connectivity index (χ1) is 17.0. The van der Waals surface area contributed by atoms with Gasteiger partial charge in [-0.15, -0.1) is 0 Å². The number of aliphatic hydroxyl groups is 1. The Morgan fingerprint density at radius 1 is 1.28 bits per heavy atom. The highest BCUT2D eigenvalue weighted by Crippen LogP contribution is 2.24. The Morgan fingerprint density at radius 3 is 2.58 bits per heavy atom. The monoisotopic (exact) mass is 559 g/mol. The maximum atomic E-state index is 13.5. The Bertz CT molecular complexity index is 1490. The van der Waals surface area contributed by atoms with E-state index in [9.17, 15) is 28.8 Å². The van der Waals surface area contributed by atoms with Crippen molar-refractivity contribution in [2.24, 2.45) is 7.05 Å². The molecule has 0 aliphatic carbocycles. The minimum atomic E-state index is -0.946. The van der Waals surface area contributed by atoms with E-state index in [0.717, 1.165) is 6.07 Å². The molecule has 4 rings (SSSR count). The van der Waals surface area contributed by atoms with E-state index in [1.54, 1.807) is 7.05 Å². The van der Waals surface area contributed by atoms with Gasteiger partial charge in [-0.05, 0) is 57.0 Å². The molecule has 0 amide bonds. The molecule has 1 atom stereocenters. The molecular formula is C22H16BrF2N7O4. The average Bonchev–Trinajstić information content (AvgIpc) is 3.45. The molecule has 1 unspecified atom stereocenters. The number of ketones is 1. The zero-order chi connectivity index (χ0) is 26.6. The molecule has 0 aliphatic heterocycles. The molecule has 3 heterocycles. The fraction of sp³-hybridized carbons (Fsp3) is 0.136. The average molecular weight is 560 g/mol. The fourth-order valence-electron chi connectivity index (χ4n) is 3.08. The number of pyridine rings is 1. The van der Waals surface area contributed by atoms with Crippen LogP contribution < -0.4 is 0 Å². The number of nitrogens with zero attached hydrogens (tertiary/aromatic N) is 7. The molecule has 11 nitrogen and oxygen atoms in total. The molecule has 0 saturated carbocycles. The van der Waals surface area contributed by atoms with Crippen molar-refractivity contribution in [2.45, 2.75) is 13.0 Å². The first-order valence-corrected chi connectivity index (χ1v) is 10.8. The van der Waals surface area contributed by atoms with Gasteiger partial charge in [0, 0.05) is 24.7 Å². The maximum Gasteiger partial charge on any atom is 0.399 e. The standard InChI is InChI=1S/C17H14FN5O2.C5H2BrFN2O2/c1-10(24)13-7-11(18)3-4-15(13)23-16(5-6-20-23)17(25)14-8-12(9-19)22(2)21-14;6-3-1-4(7)5(8-2-3)9(10)11/h3-8,10,24H,1-2H3;1-2H. The number of aryl methyl sites for hydroxylation is 1. The van der Waals surface area contributed by atoms with Gasteiger partial charge in [0.15, 0.2) is 6.20 Å². The number of nitro groups is 1. The number of nitriles is 1. The molecule has 0 saturated heterocycles. The van der Waals surface area contributed by atoms with Crippen molar-refractivity contribution in [3.8, 4) is 11.8 Å². The number of halogens is 3. The van der Waals surface area contributed by atoms with Gasteiger partial charge in [0.05, 0.1) is 22.5 Å². The predicted octanol–water partition coefficient (Wildman–Crippen LogP) is 3.79. The summed E-state index contributed by atoms with van der Waals surface area (Å²) < 4.78 is 29.1. The highest BCUT2D eigenvalue weighted by molar-refractivity contribution is 9.10. The summed E-state index contributed by atoms with van der Waals surface area (Å²) in [7, 11) is 1.57. The van der Waals surface area contributed by atoms with Crippen LogP contribution in [0.4, 0.5) is 14.6 Å². The highest BCUT2D eigenvalue weighted by atomic mass is 79.9. The minimum Gasteiger partial charge on any atom is -0.389 e. The Labute approximate surface area is 210 Å². The number of aliphatic hydroxyl groups excluding tert-OH is 1. The molecule has 1 aromatic carbocycles. The fourth-order valence-corrected chi connectivity index (χ4v) is 3.38. The second-order valence-electron chi connectivity index (χ2n) is 7.20. The van der Waals surface area contributed by atoms with Gasteiger partial charge in [-0.25, -0.2) is 9.07 Å². The van der Waals surface area contributed by atoms with Gasteiger partial charge in [0.25, 0.3) is 0 Å². The van der Waals surface area contributed by atoms with Crippen LogP contribution in [0.3, 0.4) is 0 Å². The lowest BCUT2D eigenvalue weighted by Gasteiger charge is -2.14. The van der Waals surface area contributed by atoms with Crippen molar-refractivity contribution in [3.63, 3.8) is 0 Å². The number of hydrogen-bond donors (Lipinski definition) is 1. The van der Waals surface area contributed by atoms with Crippen LogP contribution in [-0.2, 0) is 7.05 Å². The Balaban J connectivity index is 0.000000275. The molecule has 0 bridgehead atoms. The number of carbonyl (C=O) groups excluding carboxylic acids is 1. The van der Waals surface area contributed by atoms with Crippen molar-refractivity contribution in [1.29, 1.82) is 5.26 Å². The molecule has 4 aromatic rings. The van der Waals surface area contributed by atoms with Crippen LogP contribution in [0.1, 0.15) is 40.5 Å². The van der Waals surface area contributed by atoms with E-state index in [-0.39, 0.29) is 17.1 Å². The molecule has 0 fully saturated rings. The van der Waals surface area contributed by atoms with Crippen LogP contribution in [-0.4, -0.2) is 40.4 Å². The van der Waals surface area contributed by atoms with E-state index >= 15 is 0 Å². The lowest BCUT2D eigenvalue weighted by atomic mass is 10.1. The molecule has 1 N–H and O–H groups in total. The molecule has 0 spiro atoms. The molecular weight excluding hydrogens is 544 g/mol. The van der Waals surface area contributed by atoms with Crippen LogP contribution in [0, 0.1) is 33.1 Å². The highest BCUT2D eigenvalue weighted by Gasteiger charge is 2.22. The predicted molar refractivity (Wildman–Crippen MR) is 124 cm³/mol. The number of benzene rings is 1. The van der Waals surface area contributed by atoms with Gasteiger partial charge >= 0.3 is 5.82 Å². The van der Waals surface area contributed by atoms with Gasteiger partial charge < -0.3 is 15.2 Å². The summed E-state index contributed by atoms with van der Waals surface area (Å²) >= 11 is 2.92. The SMILES string of the molecule is CC(O)c1cc(F)ccc1-n1nccc1C(=O)c1cc(C#N)n(C)n1.O=[N+]([O-])c1ncc(Br)cc1F. The van der Waals surface area contributed by atoms with E-state index in [1.807, 2.05) is 6.07 Å². The Hall–Kier alpha value is -4.35. The lowest BCUT2D eigenvalue weighted by Crippen LogP contribution is -2.13. The van der Waals surface area contributed by atoms with Crippen molar-refractivity contribution in [1.82, 2.24) is 24.5 Å². The first-order valence-electron chi connectivity index (χ1n) is 9.99. The second kappa shape index (κ2) is 10.9. The third-order valence-electron chi connectivity index (χ3n) is 4.73. The quantitative estimate of drug-likeness (QED) is 0.220. The molecule has 3 aromatic heterocycles. The zero-order valence-corrected chi connectivity index (χ0v) is 20.2. The van der Waals surface area contributed by atoms with E-state index in [0.29, 0.717) is 15.7 Å². The number of aromatic nitrogens is 5. The second-order valence-corrected chi connectivity index (χ2v) is 8.12. The van der Waals surface area contributed by atoms with Gasteiger partial charge in [0.1, 0.15) is 29.0 Å². The van der Waals surface area contributed by atoms with E-state index in [4.69, 9.17) is 5.26 Å². The van der Waals surface area contributed by atoms with E-state index < -0.39 is 34.3 Å². The van der Waals surface area contributed by atoms with Crippen molar-refractivity contribution in [2.75, 3.05) is 0 Å². The number of carbonyl (C=O) groups is 1. The van der Waals surface area contributed by atoms with Crippen LogP contribution >= 0.6 is 15.9 Å². The first kappa shape index (κ1) is 26.3. The third kappa shape index (κ3) is 5.65. The van der Waals surface area contributed by atoms with Crippen LogP contribution in [0.2, 0.25) is 0 Å². The largest absolute Gasteiger partial charge is 0.399 e. The summed E-state index contributed by atoms with van der Waals surface area (Å²) in [5.74, 6) is -2.63. The smallest absolute Gasteiger partial charge is 0.389 e. The summed E-state index contributed by atoms with van der Waals surface area (Å²) in [5.41, 5.74) is 1.23. The Kier molecular flexibility index (Phi) is 7.97. The van der Waals surface area contributed by atoms with Gasteiger partial charge in [-0.3, -0.25) is 9.48 Å². The summed E-state index contributed by atoms with van der Waals surface area (Å²) in [4.78, 5) is 25.2. The molecule has 184 valence electrons. The molecule has 14 heteroatoms. The molecule has 0 aliphatic rings. The summed E-state index contributed by atoms with van der Waals surface area (Å²) in [5, 5.41) is 37.1. The third-order valence-corrected chi connectivity index (χ3v) is 5.17. The topological polar surface area (TPSA) is 153 Å². The van der Waals surface area contributed by atoms with Crippen molar-refractivity contribution < 1.29 is 23.6 Å². The molecule has 36 heavy (non-hydrogen) atoms. The van der Waals surface area contributed by atoms with Crippen molar-refractivity contribution >= 4 is 27.5 Å². The summed E-state index contributed by atoms with van der Waals surface area (Å²) in [6.07, 6.45) is 1.65. The number of rotatable bonds is 5. The summed E-state index contributed by atoms with van der Waals surface area (Å²) in [6.45, 7) is 1.50. The van der Waals surface area contributed by atoms with Gasteiger partial charge in [-0.1, -0.05) is 0 Å².